The highest BCUT2D eigenvalue weighted by atomic mass is 32.2. The van der Waals surface area contributed by atoms with E-state index >= 15 is 0 Å². The summed E-state index contributed by atoms with van der Waals surface area (Å²) in [6.07, 6.45) is 4.56. The Morgan fingerprint density at radius 3 is 2.33 bits per heavy atom. The molecule has 1 aliphatic heterocycles. The molecule has 0 aliphatic carbocycles. The van der Waals surface area contributed by atoms with Crippen LogP contribution in [0, 0.1) is 11.7 Å². The summed E-state index contributed by atoms with van der Waals surface area (Å²) in [6, 6.07) is 5.66. The van der Waals surface area contributed by atoms with E-state index < -0.39 is 27.7 Å². The SMILES string of the molecule is C=C(C(/C=C/[C@@H]1C[C@H](CC(=O)N(C)C)OC(C)(C)O1)=C(\N=C(N)N(C)S(C)(=O)=O)c1ccc(F)cc1)C(C)C. The molecule has 1 amide bonds. The highest BCUT2D eigenvalue weighted by Gasteiger charge is 2.35. The van der Waals surface area contributed by atoms with Gasteiger partial charge >= 0.3 is 0 Å². The van der Waals surface area contributed by atoms with Gasteiger partial charge in [-0.15, -0.1) is 0 Å². The molecule has 1 aromatic rings. The monoisotopic (exact) mass is 564 g/mol. The van der Waals surface area contributed by atoms with Crippen LogP contribution in [0.25, 0.3) is 5.70 Å². The van der Waals surface area contributed by atoms with Gasteiger partial charge in [0.1, 0.15) is 5.82 Å². The first-order valence-corrected chi connectivity index (χ1v) is 14.5. The Kier molecular flexibility index (Phi) is 10.6. The molecule has 1 aliphatic rings. The summed E-state index contributed by atoms with van der Waals surface area (Å²) < 4.78 is 51.0. The molecule has 216 valence electrons. The molecule has 0 bridgehead atoms. The summed E-state index contributed by atoms with van der Waals surface area (Å²) in [6.45, 7) is 11.8. The standard InChI is InChI=1S/C28H41FN4O5S/c1-18(2)19(3)24(15-14-22-16-23(17-25(34)32(6)7)38-28(4,5)37-22)26(20-10-12-21(29)13-11-20)31-27(30)33(8)39(9,35)36/h10-15,18,22-23H,3,16-17H2,1-2,4-9H3,(H2,30,31)/b15-14+,26-24-/t22-,23-/m1/s1. The molecule has 2 atom stereocenters. The lowest BCUT2D eigenvalue weighted by molar-refractivity contribution is -0.290. The smallest absolute Gasteiger partial charge is 0.234 e. The normalized spacial score (nSPS) is 20.6. The fraction of sp³-hybridized carbons (Fsp3) is 0.500. The highest BCUT2D eigenvalue weighted by Crippen LogP contribution is 2.33. The lowest BCUT2D eigenvalue weighted by Gasteiger charge is -2.40. The summed E-state index contributed by atoms with van der Waals surface area (Å²) in [5.41, 5.74) is 8.23. The number of aliphatic imine (C=N–C) groups is 1. The molecule has 11 heteroatoms. The second-order valence-electron chi connectivity index (χ2n) is 10.5. The minimum atomic E-state index is -3.67. The van der Waals surface area contributed by atoms with Crippen molar-refractivity contribution in [3.8, 4) is 0 Å². The molecule has 0 unspecified atom stereocenters. The Bertz CT molecular complexity index is 1250. The van der Waals surface area contributed by atoms with Crippen molar-refractivity contribution in [1.82, 2.24) is 9.21 Å². The number of rotatable bonds is 9. The van der Waals surface area contributed by atoms with Crippen LogP contribution in [0.1, 0.15) is 46.1 Å². The molecular formula is C28H41FN4O5S. The van der Waals surface area contributed by atoms with Crippen molar-refractivity contribution >= 4 is 27.6 Å². The first kappa shape index (κ1) is 32.2. The number of nitrogens with zero attached hydrogens (tertiary/aromatic N) is 3. The summed E-state index contributed by atoms with van der Waals surface area (Å²) in [5, 5.41) is 0. The average Bonchev–Trinajstić information content (AvgIpc) is 2.81. The van der Waals surface area contributed by atoms with Crippen LogP contribution in [0.5, 0.6) is 0 Å². The second kappa shape index (κ2) is 12.9. The Balaban J connectivity index is 2.65. The number of carbonyl (C=O) groups is 1. The zero-order valence-electron chi connectivity index (χ0n) is 24.1. The number of guanidine groups is 1. The number of ether oxygens (including phenoxy) is 2. The van der Waals surface area contributed by atoms with E-state index in [1.807, 2.05) is 19.9 Å². The van der Waals surface area contributed by atoms with E-state index in [-0.39, 0.29) is 30.3 Å². The molecule has 0 saturated carbocycles. The topological polar surface area (TPSA) is 115 Å². The number of hydrogen-bond donors (Lipinski definition) is 1. The molecule has 1 aromatic carbocycles. The summed E-state index contributed by atoms with van der Waals surface area (Å²) in [5.74, 6) is -1.68. The molecule has 39 heavy (non-hydrogen) atoms. The van der Waals surface area contributed by atoms with Crippen LogP contribution >= 0.6 is 0 Å². The van der Waals surface area contributed by atoms with Crippen LogP contribution in [-0.4, -0.2) is 74.9 Å². The van der Waals surface area contributed by atoms with Crippen LogP contribution in [-0.2, 0) is 24.3 Å². The third kappa shape index (κ3) is 9.29. The zero-order chi connectivity index (χ0) is 29.7. The van der Waals surface area contributed by atoms with Gasteiger partial charge in [0.2, 0.25) is 21.9 Å². The van der Waals surface area contributed by atoms with Crippen molar-refractivity contribution in [3.63, 3.8) is 0 Å². The number of amides is 1. The van der Waals surface area contributed by atoms with E-state index in [0.29, 0.717) is 28.8 Å². The molecule has 1 heterocycles. The van der Waals surface area contributed by atoms with Crippen molar-refractivity contribution in [1.29, 1.82) is 0 Å². The number of allylic oxidation sites excluding steroid dienone is 3. The van der Waals surface area contributed by atoms with Crippen LogP contribution in [0.3, 0.4) is 0 Å². The van der Waals surface area contributed by atoms with Crippen LogP contribution in [0.4, 0.5) is 4.39 Å². The Morgan fingerprint density at radius 2 is 1.82 bits per heavy atom. The number of halogens is 1. The lowest BCUT2D eigenvalue weighted by Crippen LogP contribution is -2.45. The Hall–Kier alpha value is -3.02. The maximum absolute atomic E-state index is 13.8. The van der Waals surface area contributed by atoms with Gasteiger partial charge in [-0.3, -0.25) is 4.79 Å². The highest BCUT2D eigenvalue weighted by molar-refractivity contribution is 7.88. The van der Waals surface area contributed by atoms with E-state index in [1.54, 1.807) is 46.2 Å². The van der Waals surface area contributed by atoms with Gasteiger partial charge in [-0.25, -0.2) is 22.1 Å². The molecule has 2 rings (SSSR count). The van der Waals surface area contributed by atoms with Crippen molar-refractivity contribution in [2.75, 3.05) is 27.4 Å². The second-order valence-corrected chi connectivity index (χ2v) is 12.5. The predicted molar refractivity (Wildman–Crippen MR) is 152 cm³/mol. The fourth-order valence-electron chi connectivity index (χ4n) is 3.86. The van der Waals surface area contributed by atoms with E-state index in [2.05, 4.69) is 11.6 Å². The third-order valence-corrected chi connectivity index (χ3v) is 7.40. The molecule has 0 aromatic heterocycles. The zero-order valence-corrected chi connectivity index (χ0v) is 24.9. The average molecular weight is 565 g/mol. The molecule has 0 radical (unpaired) electrons. The van der Waals surface area contributed by atoms with Crippen molar-refractivity contribution in [2.45, 2.75) is 58.5 Å². The van der Waals surface area contributed by atoms with Crippen molar-refractivity contribution in [3.05, 3.63) is 65.5 Å². The third-order valence-electron chi connectivity index (χ3n) is 6.22. The van der Waals surface area contributed by atoms with Gasteiger partial charge in [0, 0.05) is 38.7 Å². The maximum atomic E-state index is 13.8. The Morgan fingerprint density at radius 1 is 1.23 bits per heavy atom. The molecule has 2 N–H and O–H groups in total. The van der Waals surface area contributed by atoms with Gasteiger partial charge in [-0.2, -0.15) is 0 Å². The molecule has 1 fully saturated rings. The number of benzene rings is 1. The quantitative estimate of drug-likeness (QED) is 0.276. The molecular weight excluding hydrogens is 523 g/mol. The van der Waals surface area contributed by atoms with E-state index in [4.69, 9.17) is 15.2 Å². The van der Waals surface area contributed by atoms with Crippen LogP contribution in [0.2, 0.25) is 0 Å². The van der Waals surface area contributed by atoms with E-state index in [1.165, 1.54) is 24.1 Å². The fourth-order valence-corrected chi connectivity index (χ4v) is 4.25. The first-order valence-electron chi connectivity index (χ1n) is 12.6. The van der Waals surface area contributed by atoms with Gasteiger partial charge in [0.05, 0.1) is 30.6 Å². The van der Waals surface area contributed by atoms with Crippen LogP contribution < -0.4 is 5.73 Å². The summed E-state index contributed by atoms with van der Waals surface area (Å²) >= 11 is 0. The summed E-state index contributed by atoms with van der Waals surface area (Å²) in [7, 11) is 1.02. The molecule has 1 saturated heterocycles. The Labute approximate surface area is 231 Å². The van der Waals surface area contributed by atoms with Crippen LogP contribution in [0.15, 0.2) is 59.1 Å². The van der Waals surface area contributed by atoms with Gasteiger partial charge in [-0.05, 0) is 49.6 Å². The number of carbonyl (C=O) groups excluding carboxylic acids is 1. The van der Waals surface area contributed by atoms with Crippen molar-refractivity contribution in [2.24, 2.45) is 16.6 Å². The van der Waals surface area contributed by atoms with Gasteiger partial charge in [0.25, 0.3) is 0 Å². The number of hydrogen-bond acceptors (Lipinski definition) is 6. The van der Waals surface area contributed by atoms with Gasteiger partial charge in [0.15, 0.2) is 5.79 Å². The maximum Gasteiger partial charge on any atom is 0.234 e. The van der Waals surface area contributed by atoms with E-state index in [9.17, 15) is 17.6 Å². The predicted octanol–water partition coefficient (Wildman–Crippen LogP) is 3.90. The minimum Gasteiger partial charge on any atom is -0.369 e. The molecule has 0 spiro atoms. The molecule has 9 nitrogen and oxygen atoms in total. The minimum absolute atomic E-state index is 0.0123. The van der Waals surface area contributed by atoms with E-state index in [0.717, 1.165) is 10.6 Å². The lowest BCUT2D eigenvalue weighted by atomic mass is 9.92. The number of sulfonamides is 1. The van der Waals surface area contributed by atoms with Gasteiger partial charge in [-0.1, -0.05) is 32.6 Å². The first-order chi connectivity index (χ1) is 17.9. The number of nitrogens with two attached hydrogens (primary N) is 1. The summed E-state index contributed by atoms with van der Waals surface area (Å²) in [4.78, 5) is 18.3. The van der Waals surface area contributed by atoms with Gasteiger partial charge < -0.3 is 20.1 Å². The van der Waals surface area contributed by atoms with Crippen molar-refractivity contribution < 1.29 is 27.1 Å². The largest absolute Gasteiger partial charge is 0.369 e.